The van der Waals surface area contributed by atoms with E-state index in [9.17, 15) is 9.18 Å². The first-order chi connectivity index (χ1) is 7.97. The molecule has 17 heavy (non-hydrogen) atoms. The number of halogens is 3. The summed E-state index contributed by atoms with van der Waals surface area (Å²) in [6.07, 6.45) is -1.93. The highest BCUT2D eigenvalue weighted by Crippen LogP contribution is 2.28. The highest BCUT2D eigenvalue weighted by atomic mass is 79.9. The summed E-state index contributed by atoms with van der Waals surface area (Å²) >= 11 is 9.13. The number of ether oxygens (including phenoxy) is 1. The molecule has 0 amide bonds. The largest absolute Gasteiger partial charge is 0.464 e. The van der Waals surface area contributed by atoms with E-state index in [2.05, 4.69) is 20.7 Å². The topological polar surface area (TPSA) is 52.3 Å². The van der Waals surface area contributed by atoms with E-state index < -0.39 is 18.2 Å². The molecule has 0 saturated carbocycles. The molecule has 0 aliphatic carbocycles. The standard InChI is InChI=1S/C11H12BrClFNO2/c1-2-17-11(16)9(14)10(15)7-5-6(12)3-4-8(7)13/h3-5,9-10H,2,15H2,1H3/t9?,10-/m1/s1. The molecule has 0 heterocycles. The fourth-order valence-electron chi connectivity index (χ4n) is 1.30. The number of esters is 1. The minimum Gasteiger partial charge on any atom is -0.464 e. The number of hydrogen-bond donors (Lipinski definition) is 1. The first-order valence-electron chi connectivity index (χ1n) is 4.98. The molecule has 6 heteroatoms. The molecule has 1 unspecified atom stereocenters. The first-order valence-corrected chi connectivity index (χ1v) is 6.15. The van der Waals surface area contributed by atoms with Crippen LogP contribution in [0.3, 0.4) is 0 Å². The number of carbonyl (C=O) groups is 1. The molecule has 0 bridgehead atoms. The Bertz CT molecular complexity index is 416. The van der Waals surface area contributed by atoms with Crippen molar-refractivity contribution in [1.29, 1.82) is 0 Å². The quantitative estimate of drug-likeness (QED) is 0.866. The van der Waals surface area contributed by atoms with Gasteiger partial charge in [-0.2, -0.15) is 0 Å². The van der Waals surface area contributed by atoms with Gasteiger partial charge in [0.25, 0.3) is 0 Å². The van der Waals surface area contributed by atoms with E-state index in [0.29, 0.717) is 15.1 Å². The van der Waals surface area contributed by atoms with Gasteiger partial charge in [-0.3, -0.25) is 0 Å². The maximum atomic E-state index is 13.7. The molecule has 2 atom stereocenters. The molecule has 1 aromatic carbocycles. The molecular weight excluding hydrogens is 312 g/mol. The second kappa shape index (κ2) is 6.33. The summed E-state index contributed by atoms with van der Waals surface area (Å²) in [7, 11) is 0. The molecule has 0 aromatic heterocycles. The van der Waals surface area contributed by atoms with Gasteiger partial charge >= 0.3 is 5.97 Å². The van der Waals surface area contributed by atoms with E-state index in [4.69, 9.17) is 17.3 Å². The number of rotatable bonds is 4. The summed E-state index contributed by atoms with van der Waals surface area (Å²) in [4.78, 5) is 11.2. The van der Waals surface area contributed by atoms with Gasteiger partial charge in [-0.1, -0.05) is 27.5 Å². The Balaban J connectivity index is 2.91. The van der Waals surface area contributed by atoms with Gasteiger partial charge in [0.1, 0.15) is 0 Å². The third-order valence-electron chi connectivity index (χ3n) is 2.14. The van der Waals surface area contributed by atoms with Crippen LogP contribution in [0.15, 0.2) is 22.7 Å². The molecule has 2 N–H and O–H groups in total. The summed E-state index contributed by atoms with van der Waals surface area (Å²) in [5.41, 5.74) is 6.02. The van der Waals surface area contributed by atoms with Crippen molar-refractivity contribution in [3.8, 4) is 0 Å². The summed E-state index contributed by atoms with van der Waals surface area (Å²) in [6, 6.07) is 3.73. The van der Waals surface area contributed by atoms with Gasteiger partial charge in [0.15, 0.2) is 0 Å². The van der Waals surface area contributed by atoms with Gasteiger partial charge in [0.05, 0.1) is 12.6 Å². The van der Waals surface area contributed by atoms with Gasteiger partial charge < -0.3 is 10.5 Å². The zero-order valence-corrected chi connectivity index (χ0v) is 11.5. The van der Waals surface area contributed by atoms with Crippen molar-refractivity contribution in [2.75, 3.05) is 6.61 Å². The number of alkyl halides is 1. The molecule has 1 aromatic rings. The van der Waals surface area contributed by atoms with Gasteiger partial charge in [0, 0.05) is 9.50 Å². The van der Waals surface area contributed by atoms with Crippen LogP contribution >= 0.6 is 27.5 Å². The average Bonchev–Trinajstić information content (AvgIpc) is 2.30. The summed E-state index contributed by atoms with van der Waals surface area (Å²) in [5, 5.41) is 0.313. The van der Waals surface area contributed by atoms with Crippen LogP contribution in [-0.4, -0.2) is 18.7 Å². The first kappa shape index (κ1) is 14.4. The van der Waals surface area contributed by atoms with E-state index in [0.717, 1.165) is 0 Å². The smallest absolute Gasteiger partial charge is 0.342 e. The monoisotopic (exact) mass is 323 g/mol. The molecule has 94 valence electrons. The van der Waals surface area contributed by atoms with Crippen molar-refractivity contribution in [2.45, 2.75) is 19.1 Å². The number of nitrogens with two attached hydrogens (primary N) is 1. The van der Waals surface area contributed by atoms with Crippen LogP contribution in [0.4, 0.5) is 4.39 Å². The van der Waals surface area contributed by atoms with Crippen LogP contribution in [0.25, 0.3) is 0 Å². The Kier molecular flexibility index (Phi) is 5.36. The predicted octanol–water partition coefficient (Wildman–Crippen LogP) is 3.00. The Labute approximate surface area is 112 Å². The Morgan fingerprint density at radius 3 is 2.88 bits per heavy atom. The lowest BCUT2D eigenvalue weighted by molar-refractivity contribution is -0.149. The van der Waals surface area contributed by atoms with Crippen LogP contribution in [0.2, 0.25) is 5.02 Å². The van der Waals surface area contributed by atoms with Gasteiger partial charge in [-0.25, -0.2) is 9.18 Å². The Morgan fingerprint density at radius 2 is 2.29 bits per heavy atom. The van der Waals surface area contributed by atoms with Crippen molar-refractivity contribution in [3.05, 3.63) is 33.3 Å². The molecule has 0 radical (unpaired) electrons. The van der Waals surface area contributed by atoms with Crippen molar-refractivity contribution >= 4 is 33.5 Å². The fourth-order valence-corrected chi connectivity index (χ4v) is 1.92. The lowest BCUT2D eigenvalue weighted by atomic mass is 10.0. The van der Waals surface area contributed by atoms with Crippen LogP contribution in [0.5, 0.6) is 0 Å². The van der Waals surface area contributed by atoms with Crippen LogP contribution in [0, 0.1) is 0 Å². The molecule has 3 nitrogen and oxygen atoms in total. The average molecular weight is 325 g/mol. The van der Waals surface area contributed by atoms with E-state index in [-0.39, 0.29) is 6.61 Å². The molecule has 0 aliphatic heterocycles. The lowest BCUT2D eigenvalue weighted by Crippen LogP contribution is -2.31. The summed E-state index contributed by atoms with van der Waals surface area (Å²) in [5.74, 6) is -0.976. The zero-order chi connectivity index (χ0) is 13.0. The third-order valence-corrected chi connectivity index (χ3v) is 2.98. The lowest BCUT2D eigenvalue weighted by Gasteiger charge is -2.17. The second-order valence-corrected chi connectivity index (χ2v) is 4.67. The third kappa shape index (κ3) is 3.66. The van der Waals surface area contributed by atoms with E-state index >= 15 is 0 Å². The van der Waals surface area contributed by atoms with Crippen molar-refractivity contribution < 1.29 is 13.9 Å². The highest BCUT2D eigenvalue weighted by Gasteiger charge is 2.29. The second-order valence-electron chi connectivity index (χ2n) is 3.35. The van der Waals surface area contributed by atoms with E-state index in [1.807, 2.05) is 0 Å². The van der Waals surface area contributed by atoms with E-state index in [1.54, 1.807) is 25.1 Å². The number of benzene rings is 1. The molecule has 0 spiro atoms. The van der Waals surface area contributed by atoms with Gasteiger partial charge in [-0.15, -0.1) is 0 Å². The normalized spacial score (nSPS) is 14.2. The number of carbonyl (C=O) groups excluding carboxylic acids is 1. The predicted molar refractivity (Wildman–Crippen MR) is 67.6 cm³/mol. The van der Waals surface area contributed by atoms with E-state index in [1.165, 1.54) is 0 Å². The minimum absolute atomic E-state index is 0.109. The Morgan fingerprint density at radius 1 is 1.65 bits per heavy atom. The van der Waals surface area contributed by atoms with Crippen molar-refractivity contribution in [2.24, 2.45) is 5.73 Å². The Hall–Kier alpha value is -0.650. The van der Waals surface area contributed by atoms with Gasteiger partial charge in [-0.05, 0) is 30.7 Å². The minimum atomic E-state index is -1.93. The SMILES string of the molecule is CCOC(=O)C(F)[C@H](N)c1cc(Br)ccc1Cl. The van der Waals surface area contributed by atoms with Crippen LogP contribution in [0.1, 0.15) is 18.5 Å². The summed E-state index contributed by atoms with van der Waals surface area (Å²) in [6.45, 7) is 1.71. The maximum absolute atomic E-state index is 13.7. The molecule has 0 aliphatic rings. The molecule has 1 rings (SSSR count). The highest BCUT2D eigenvalue weighted by molar-refractivity contribution is 9.10. The fraction of sp³-hybridized carbons (Fsp3) is 0.364. The number of hydrogen-bond acceptors (Lipinski definition) is 3. The summed E-state index contributed by atoms with van der Waals surface area (Å²) < 4.78 is 19.0. The van der Waals surface area contributed by atoms with Crippen molar-refractivity contribution in [3.63, 3.8) is 0 Å². The van der Waals surface area contributed by atoms with Crippen molar-refractivity contribution in [1.82, 2.24) is 0 Å². The maximum Gasteiger partial charge on any atom is 0.342 e. The van der Waals surface area contributed by atoms with Gasteiger partial charge in [0.2, 0.25) is 6.17 Å². The molecular formula is C11H12BrClFNO2. The molecule has 0 saturated heterocycles. The van der Waals surface area contributed by atoms with Crippen LogP contribution < -0.4 is 5.73 Å². The van der Waals surface area contributed by atoms with Crippen LogP contribution in [-0.2, 0) is 9.53 Å². The zero-order valence-electron chi connectivity index (χ0n) is 9.12. The molecule has 0 fully saturated rings.